The molecule has 0 bridgehead atoms. The summed E-state index contributed by atoms with van der Waals surface area (Å²) in [4.78, 5) is 11.1. The fourth-order valence-corrected chi connectivity index (χ4v) is 4.01. The minimum absolute atomic E-state index is 0.0176. The van der Waals surface area contributed by atoms with Gasteiger partial charge in [0.2, 0.25) is 5.91 Å². The smallest absolute Gasteiger partial charge is 0.216 e. The lowest BCUT2D eigenvalue weighted by atomic mass is 9.98. The molecule has 0 fully saturated rings. The largest absolute Gasteiger partial charge is 0.356 e. The highest BCUT2D eigenvalue weighted by molar-refractivity contribution is 9.10. The Kier molecular flexibility index (Phi) is 14.7. The number of carbonyl (C=O) groups is 1. The lowest BCUT2D eigenvalue weighted by Crippen LogP contribution is -2.22. The van der Waals surface area contributed by atoms with Crippen molar-refractivity contribution < 1.29 is 18.1 Å². The van der Waals surface area contributed by atoms with Gasteiger partial charge in [0.15, 0.2) is 17.4 Å². The maximum atomic E-state index is 11.9. The van der Waals surface area contributed by atoms with E-state index >= 15 is 0 Å². The maximum Gasteiger partial charge on any atom is 0.216 e. The highest BCUT2D eigenvalue weighted by atomic mass is 79.9. The van der Waals surface area contributed by atoms with E-state index in [4.69, 9.17) is 4.52 Å². The van der Waals surface area contributed by atoms with Crippen molar-refractivity contribution in [1.82, 2.24) is 15.8 Å². The molecule has 35 heavy (non-hydrogen) atoms. The zero-order chi connectivity index (χ0) is 26.2. The van der Waals surface area contributed by atoms with Crippen LogP contribution in [0.15, 0.2) is 57.5 Å². The summed E-state index contributed by atoms with van der Waals surface area (Å²) < 4.78 is 30.5. The Hall–Kier alpha value is -2.58. The molecule has 3 aromatic rings. The maximum absolute atomic E-state index is 11.9. The van der Waals surface area contributed by atoms with Gasteiger partial charge in [0.25, 0.3) is 0 Å². The van der Waals surface area contributed by atoms with Crippen molar-refractivity contribution in [3.05, 3.63) is 75.9 Å². The van der Waals surface area contributed by atoms with Crippen LogP contribution < -0.4 is 10.6 Å². The van der Waals surface area contributed by atoms with Gasteiger partial charge in [0.05, 0.1) is 4.47 Å². The summed E-state index contributed by atoms with van der Waals surface area (Å²) in [6, 6.07) is 13.1. The number of nitrogens with zero attached hydrogens (tertiary/aromatic N) is 1. The number of amides is 1. The first-order chi connectivity index (χ1) is 16.8. The molecular weight excluding hydrogens is 516 g/mol. The Morgan fingerprint density at radius 3 is 2.23 bits per heavy atom. The second kappa shape index (κ2) is 16.9. The molecule has 1 amide bonds. The zero-order valence-corrected chi connectivity index (χ0v) is 22.7. The van der Waals surface area contributed by atoms with E-state index in [0.717, 1.165) is 65.0 Å². The van der Waals surface area contributed by atoms with Crippen molar-refractivity contribution in [2.75, 3.05) is 20.1 Å². The van der Waals surface area contributed by atoms with E-state index in [-0.39, 0.29) is 5.91 Å². The molecule has 0 spiro atoms. The van der Waals surface area contributed by atoms with Crippen molar-refractivity contribution in [3.8, 4) is 11.3 Å². The van der Waals surface area contributed by atoms with Crippen LogP contribution in [0.3, 0.4) is 0 Å². The molecule has 2 aromatic carbocycles. The molecule has 0 aliphatic carbocycles. The predicted octanol–water partition coefficient (Wildman–Crippen LogP) is 6.88. The van der Waals surface area contributed by atoms with Crippen molar-refractivity contribution in [1.29, 1.82) is 0 Å². The number of carbonyl (C=O) groups excluding carboxylic acids is 1. The monoisotopic (exact) mass is 551 g/mol. The van der Waals surface area contributed by atoms with Crippen molar-refractivity contribution >= 4 is 21.8 Å². The molecule has 3 rings (SSSR count). The third kappa shape index (κ3) is 10.3. The van der Waals surface area contributed by atoms with Gasteiger partial charge < -0.3 is 15.2 Å². The second-order valence-electron chi connectivity index (χ2n) is 7.66. The van der Waals surface area contributed by atoms with Crippen LogP contribution in [0.5, 0.6) is 0 Å². The highest BCUT2D eigenvalue weighted by Crippen LogP contribution is 2.37. The van der Waals surface area contributed by atoms with Gasteiger partial charge in [0.1, 0.15) is 5.69 Å². The molecule has 192 valence electrons. The highest BCUT2D eigenvalue weighted by Gasteiger charge is 2.21. The number of halogens is 3. The van der Waals surface area contributed by atoms with Crippen LogP contribution >= 0.6 is 15.9 Å². The van der Waals surface area contributed by atoms with E-state index in [9.17, 15) is 13.6 Å². The Bertz CT molecular complexity index is 1010. The van der Waals surface area contributed by atoms with Crippen molar-refractivity contribution in [3.63, 3.8) is 0 Å². The number of rotatable bonds is 9. The molecule has 2 N–H and O–H groups in total. The van der Waals surface area contributed by atoms with Crippen LogP contribution in [-0.2, 0) is 11.2 Å². The van der Waals surface area contributed by atoms with Gasteiger partial charge in [-0.15, -0.1) is 0 Å². The predicted molar refractivity (Wildman–Crippen MR) is 141 cm³/mol. The van der Waals surface area contributed by atoms with Gasteiger partial charge >= 0.3 is 0 Å². The molecule has 0 aliphatic rings. The summed E-state index contributed by atoms with van der Waals surface area (Å²) in [5.74, 6) is -0.531. The lowest BCUT2D eigenvalue weighted by molar-refractivity contribution is -0.118. The third-order valence-electron chi connectivity index (χ3n) is 5.04. The summed E-state index contributed by atoms with van der Waals surface area (Å²) in [7, 11) is 1.96. The molecule has 5 nitrogen and oxygen atoms in total. The molecule has 1 atom stereocenters. The van der Waals surface area contributed by atoms with Gasteiger partial charge in [-0.05, 0) is 66.5 Å². The number of hydrogen-bond acceptors (Lipinski definition) is 4. The molecule has 0 unspecified atom stereocenters. The minimum Gasteiger partial charge on any atom is -0.356 e. The fraction of sp³-hybridized carbons (Fsp3) is 0.407. The summed E-state index contributed by atoms with van der Waals surface area (Å²) in [6.45, 7) is 9.30. The summed E-state index contributed by atoms with van der Waals surface area (Å²) in [6.07, 6.45) is 2.89. The first-order valence-electron chi connectivity index (χ1n) is 11.9. The SMILES string of the molecule is CC.CNCCC[C@H](C)c1noc(-c2ccccc2CCNC(C)=O)c1Br.Fc1ccccc1F. The fourth-order valence-electron chi connectivity index (χ4n) is 3.26. The Labute approximate surface area is 215 Å². The standard InChI is InChI=1S/C19H26BrN3O2.C6H4F2.C2H6/c1-13(7-6-11-21-3)18-17(20)19(25-23-18)16-9-5-4-8-15(16)10-12-22-14(2)24;7-5-3-1-2-4-6(5)8;1-2/h4-5,8-9,13,21H,6-7,10-12H2,1-3H3,(H,22,24);1-4H;1-2H3/t13-;;/m0../s1. The molecule has 1 aromatic heterocycles. The second-order valence-corrected chi connectivity index (χ2v) is 8.45. The molecule has 0 radical (unpaired) electrons. The topological polar surface area (TPSA) is 67.2 Å². The summed E-state index contributed by atoms with van der Waals surface area (Å²) in [5.41, 5.74) is 3.10. The molecule has 0 aliphatic heterocycles. The Morgan fingerprint density at radius 2 is 1.66 bits per heavy atom. The molecule has 1 heterocycles. The number of nitrogens with one attached hydrogen (secondary N) is 2. The van der Waals surface area contributed by atoms with E-state index in [1.54, 1.807) is 0 Å². The van der Waals surface area contributed by atoms with Crippen LogP contribution in [0.4, 0.5) is 8.78 Å². The van der Waals surface area contributed by atoms with Gasteiger partial charge in [0, 0.05) is 24.9 Å². The van der Waals surface area contributed by atoms with E-state index in [1.807, 2.05) is 39.1 Å². The van der Waals surface area contributed by atoms with E-state index in [0.29, 0.717) is 12.5 Å². The normalized spacial score (nSPS) is 11.0. The molecule has 0 saturated heterocycles. The van der Waals surface area contributed by atoms with E-state index in [1.165, 1.54) is 19.1 Å². The van der Waals surface area contributed by atoms with Crippen LogP contribution in [0, 0.1) is 11.6 Å². The summed E-state index contributed by atoms with van der Waals surface area (Å²) in [5, 5.41) is 10.3. The Balaban J connectivity index is 0.000000512. The average Bonchev–Trinajstić information content (AvgIpc) is 3.24. The average molecular weight is 553 g/mol. The molecule has 8 heteroatoms. The van der Waals surface area contributed by atoms with E-state index < -0.39 is 11.6 Å². The first-order valence-corrected chi connectivity index (χ1v) is 12.7. The number of aromatic nitrogens is 1. The molecular formula is C27H36BrF2N3O2. The van der Waals surface area contributed by atoms with Gasteiger partial charge in [-0.25, -0.2) is 8.78 Å². The first kappa shape index (κ1) is 30.5. The Morgan fingerprint density at radius 1 is 1.06 bits per heavy atom. The minimum atomic E-state index is -0.799. The van der Waals surface area contributed by atoms with Crippen LogP contribution in [0.2, 0.25) is 0 Å². The van der Waals surface area contributed by atoms with Crippen molar-refractivity contribution in [2.45, 2.75) is 52.9 Å². The van der Waals surface area contributed by atoms with Gasteiger partial charge in [-0.1, -0.05) is 62.3 Å². The summed E-state index contributed by atoms with van der Waals surface area (Å²) >= 11 is 3.68. The van der Waals surface area contributed by atoms with Crippen LogP contribution in [0.1, 0.15) is 57.7 Å². The van der Waals surface area contributed by atoms with Gasteiger partial charge in [-0.3, -0.25) is 4.79 Å². The third-order valence-corrected chi connectivity index (χ3v) is 5.81. The molecule has 0 saturated carbocycles. The quantitative estimate of drug-likeness (QED) is 0.284. The zero-order valence-electron chi connectivity index (χ0n) is 21.1. The number of benzene rings is 2. The van der Waals surface area contributed by atoms with E-state index in [2.05, 4.69) is 44.7 Å². The van der Waals surface area contributed by atoms with Crippen molar-refractivity contribution in [2.24, 2.45) is 0 Å². The lowest BCUT2D eigenvalue weighted by Gasteiger charge is -2.09. The van der Waals surface area contributed by atoms with Gasteiger partial charge in [-0.2, -0.15) is 0 Å². The van der Waals surface area contributed by atoms with Crippen LogP contribution in [0.25, 0.3) is 11.3 Å². The van der Waals surface area contributed by atoms with Crippen LogP contribution in [-0.4, -0.2) is 31.2 Å². The number of hydrogen-bond donors (Lipinski definition) is 2.